The normalized spacial score (nSPS) is 13.8. The zero-order valence-electron chi connectivity index (χ0n) is 10.5. The molecule has 0 aliphatic rings. The molecule has 0 bridgehead atoms. The molecule has 2 aromatic rings. The van der Waals surface area contributed by atoms with Crippen molar-refractivity contribution in [2.45, 2.75) is 25.6 Å². The van der Waals surface area contributed by atoms with E-state index in [9.17, 15) is 13.2 Å². The average Bonchev–Trinajstić information content (AvgIpc) is 2.82. The van der Waals surface area contributed by atoms with Crippen molar-refractivity contribution >= 4 is 11.3 Å². The number of rotatable bonds is 3. The number of nitrogens with two attached hydrogens (primary N) is 1. The zero-order valence-corrected chi connectivity index (χ0v) is 11.3. The highest BCUT2D eigenvalue weighted by atomic mass is 32.1. The van der Waals surface area contributed by atoms with Gasteiger partial charge in [-0.05, 0) is 31.5 Å². The molecule has 7 heteroatoms. The highest BCUT2D eigenvalue weighted by Gasteiger charge is 2.34. The summed E-state index contributed by atoms with van der Waals surface area (Å²) in [5.41, 5.74) is 5.30. The van der Waals surface area contributed by atoms with Crippen LogP contribution in [0.5, 0.6) is 0 Å². The molecule has 0 saturated carbocycles. The van der Waals surface area contributed by atoms with Gasteiger partial charge in [-0.3, -0.25) is 4.68 Å². The number of alkyl halides is 3. The lowest BCUT2D eigenvalue weighted by molar-refractivity contribution is -0.141. The Hall–Kier alpha value is -1.34. The van der Waals surface area contributed by atoms with Crippen LogP contribution in [0.3, 0.4) is 0 Å². The molecule has 0 spiro atoms. The van der Waals surface area contributed by atoms with E-state index in [-0.39, 0.29) is 6.04 Å². The van der Waals surface area contributed by atoms with Crippen LogP contribution >= 0.6 is 11.3 Å². The molecule has 1 unspecified atom stereocenters. The third-order valence-corrected chi connectivity index (χ3v) is 3.74. The quantitative estimate of drug-likeness (QED) is 0.943. The lowest BCUT2D eigenvalue weighted by Crippen LogP contribution is -2.16. The third-order valence-electron chi connectivity index (χ3n) is 2.61. The maximum absolute atomic E-state index is 12.6. The standard InChI is InChI=1S/C12H14F3N3S/c1-7(16)5-8-3-4-10(19-8)9-6-11(12(13,14)15)17-18(9)2/h3-4,6-7H,5,16H2,1-2H3. The Labute approximate surface area is 112 Å². The fourth-order valence-electron chi connectivity index (χ4n) is 1.78. The molecule has 0 aromatic carbocycles. The second-order valence-electron chi connectivity index (χ2n) is 4.48. The molecule has 19 heavy (non-hydrogen) atoms. The Morgan fingerprint density at radius 3 is 2.63 bits per heavy atom. The van der Waals surface area contributed by atoms with E-state index < -0.39 is 11.9 Å². The van der Waals surface area contributed by atoms with Gasteiger partial charge in [-0.15, -0.1) is 11.3 Å². The Morgan fingerprint density at radius 2 is 2.11 bits per heavy atom. The molecule has 1 atom stereocenters. The number of aryl methyl sites for hydroxylation is 1. The summed E-state index contributed by atoms with van der Waals surface area (Å²) >= 11 is 1.44. The Morgan fingerprint density at radius 1 is 1.42 bits per heavy atom. The molecule has 0 saturated heterocycles. The van der Waals surface area contributed by atoms with Crippen molar-refractivity contribution in [3.8, 4) is 10.6 Å². The van der Waals surface area contributed by atoms with Gasteiger partial charge in [0, 0.05) is 18.0 Å². The minimum absolute atomic E-state index is 0.0313. The summed E-state index contributed by atoms with van der Waals surface area (Å²) < 4.78 is 39.0. The van der Waals surface area contributed by atoms with Crippen LogP contribution in [0.15, 0.2) is 18.2 Å². The summed E-state index contributed by atoms with van der Waals surface area (Å²) in [7, 11) is 1.51. The molecule has 0 radical (unpaired) electrons. The summed E-state index contributed by atoms with van der Waals surface area (Å²) in [6.45, 7) is 1.89. The molecule has 0 aliphatic heterocycles. The van der Waals surface area contributed by atoms with Crippen LogP contribution < -0.4 is 5.73 Å². The van der Waals surface area contributed by atoms with Crippen molar-refractivity contribution in [3.05, 3.63) is 28.8 Å². The molecular formula is C12H14F3N3S. The van der Waals surface area contributed by atoms with Gasteiger partial charge in [-0.1, -0.05) is 0 Å². The molecular weight excluding hydrogens is 275 g/mol. The first-order valence-corrected chi connectivity index (χ1v) is 6.55. The summed E-state index contributed by atoms with van der Waals surface area (Å²) in [4.78, 5) is 1.82. The van der Waals surface area contributed by atoms with Gasteiger partial charge < -0.3 is 5.73 Å². The van der Waals surface area contributed by atoms with E-state index >= 15 is 0 Å². The molecule has 0 fully saturated rings. The van der Waals surface area contributed by atoms with Crippen LogP contribution in [-0.2, 0) is 19.6 Å². The molecule has 2 aromatic heterocycles. The lowest BCUT2D eigenvalue weighted by atomic mass is 10.2. The smallest absolute Gasteiger partial charge is 0.328 e. The van der Waals surface area contributed by atoms with Crippen molar-refractivity contribution in [2.75, 3.05) is 0 Å². The van der Waals surface area contributed by atoms with E-state index in [4.69, 9.17) is 5.73 Å². The summed E-state index contributed by atoms with van der Waals surface area (Å²) in [5.74, 6) is 0. The Balaban J connectivity index is 2.32. The van der Waals surface area contributed by atoms with E-state index in [2.05, 4.69) is 5.10 Å². The second-order valence-corrected chi connectivity index (χ2v) is 5.65. The summed E-state index contributed by atoms with van der Waals surface area (Å²) in [5, 5.41) is 3.50. The van der Waals surface area contributed by atoms with Gasteiger partial charge in [0.15, 0.2) is 5.69 Å². The Kier molecular flexibility index (Phi) is 3.69. The van der Waals surface area contributed by atoms with Gasteiger partial charge >= 0.3 is 6.18 Å². The van der Waals surface area contributed by atoms with Gasteiger partial charge in [0.2, 0.25) is 0 Å². The summed E-state index contributed by atoms with van der Waals surface area (Å²) in [6, 6.07) is 4.80. The topological polar surface area (TPSA) is 43.8 Å². The maximum atomic E-state index is 12.6. The van der Waals surface area contributed by atoms with Crippen LogP contribution in [0.25, 0.3) is 10.6 Å². The van der Waals surface area contributed by atoms with Crippen molar-refractivity contribution in [1.29, 1.82) is 0 Å². The highest BCUT2D eigenvalue weighted by molar-refractivity contribution is 7.15. The molecule has 2 rings (SSSR count). The minimum atomic E-state index is -4.41. The maximum Gasteiger partial charge on any atom is 0.435 e. The van der Waals surface area contributed by atoms with Crippen molar-refractivity contribution in [3.63, 3.8) is 0 Å². The number of halogens is 3. The Bertz CT molecular complexity index is 569. The molecule has 2 heterocycles. The first kappa shape index (κ1) is 14.1. The van der Waals surface area contributed by atoms with Crippen LogP contribution in [0.4, 0.5) is 13.2 Å². The molecule has 2 N–H and O–H groups in total. The van der Waals surface area contributed by atoms with Gasteiger partial charge in [0.25, 0.3) is 0 Å². The molecule has 3 nitrogen and oxygen atoms in total. The average molecular weight is 289 g/mol. The van der Waals surface area contributed by atoms with Crippen molar-refractivity contribution in [1.82, 2.24) is 9.78 Å². The molecule has 0 amide bonds. The fraction of sp³-hybridized carbons (Fsp3) is 0.417. The van der Waals surface area contributed by atoms with E-state index in [1.807, 2.05) is 13.0 Å². The largest absolute Gasteiger partial charge is 0.435 e. The lowest BCUT2D eigenvalue weighted by Gasteiger charge is -2.00. The number of hydrogen-bond donors (Lipinski definition) is 1. The third kappa shape index (κ3) is 3.16. The van der Waals surface area contributed by atoms with Crippen molar-refractivity contribution < 1.29 is 13.2 Å². The van der Waals surface area contributed by atoms with Crippen LogP contribution in [0.2, 0.25) is 0 Å². The molecule has 0 aliphatic carbocycles. The van der Waals surface area contributed by atoms with Gasteiger partial charge in [-0.2, -0.15) is 18.3 Å². The number of aromatic nitrogens is 2. The van der Waals surface area contributed by atoms with Gasteiger partial charge in [-0.25, -0.2) is 0 Å². The predicted octanol–water partition coefficient (Wildman–Crippen LogP) is 3.06. The minimum Gasteiger partial charge on any atom is -0.328 e. The number of nitrogens with zero attached hydrogens (tertiary/aromatic N) is 2. The van der Waals surface area contributed by atoms with Crippen LogP contribution in [-0.4, -0.2) is 15.8 Å². The van der Waals surface area contributed by atoms with Crippen LogP contribution in [0, 0.1) is 0 Å². The first-order valence-electron chi connectivity index (χ1n) is 5.73. The van der Waals surface area contributed by atoms with Crippen LogP contribution in [0.1, 0.15) is 17.5 Å². The van der Waals surface area contributed by atoms with Crippen molar-refractivity contribution in [2.24, 2.45) is 12.8 Å². The predicted molar refractivity (Wildman–Crippen MR) is 68.9 cm³/mol. The monoisotopic (exact) mass is 289 g/mol. The van der Waals surface area contributed by atoms with E-state index in [0.717, 1.165) is 15.8 Å². The van der Waals surface area contributed by atoms with E-state index in [1.54, 1.807) is 6.07 Å². The number of hydrogen-bond acceptors (Lipinski definition) is 3. The second kappa shape index (κ2) is 4.97. The van der Waals surface area contributed by atoms with Gasteiger partial charge in [0.05, 0.1) is 10.6 Å². The fourth-order valence-corrected chi connectivity index (χ4v) is 2.98. The SMILES string of the molecule is CC(N)Cc1ccc(-c2cc(C(F)(F)F)nn2C)s1. The van der Waals surface area contributed by atoms with E-state index in [1.165, 1.54) is 23.1 Å². The zero-order chi connectivity index (χ0) is 14.2. The van der Waals surface area contributed by atoms with E-state index in [0.29, 0.717) is 12.1 Å². The van der Waals surface area contributed by atoms with Gasteiger partial charge in [0.1, 0.15) is 0 Å². The number of thiophene rings is 1. The summed E-state index contributed by atoms with van der Waals surface area (Å²) in [6.07, 6.45) is -3.70. The highest BCUT2D eigenvalue weighted by Crippen LogP contribution is 2.34. The first-order chi connectivity index (χ1) is 8.77. The molecule has 104 valence electrons.